The molecule has 1 heterocycles. The van der Waals surface area contributed by atoms with Crippen molar-refractivity contribution in [2.45, 2.75) is 0 Å². The maximum Gasteiger partial charge on any atom is 0.0361 e. The predicted octanol–water partition coefficient (Wildman–Crippen LogP) is 2.68. The largest absolute Gasteiger partial charge is 0.143 e. The molecule has 1 aromatic carbocycles. The van der Waals surface area contributed by atoms with E-state index < -0.39 is 0 Å². The Hall–Kier alpha value is -1.26. The topological polar surface area (TPSA) is 0 Å². The third kappa shape index (κ3) is 1.02. The lowest BCUT2D eigenvalue weighted by atomic mass is 10.2. The molecule has 0 aliphatic rings. The van der Waals surface area contributed by atoms with Gasteiger partial charge in [0.05, 0.1) is 0 Å². The Balaban J connectivity index is 2.79. The average Bonchev–Trinajstić information content (AvgIpc) is 2.50. The maximum absolute atomic E-state index is 5.25. The Morgan fingerprint density at radius 1 is 1.45 bits per heavy atom. The van der Waals surface area contributed by atoms with Gasteiger partial charge in [0.1, 0.15) is 0 Å². The standard InChI is InChI=1S/C10H5S/c1-2-8-3-4-9-5-6-11-10(9)7-8/h1,3-4,6-7H. The van der Waals surface area contributed by atoms with E-state index >= 15 is 0 Å². The lowest BCUT2D eigenvalue weighted by molar-refractivity contribution is 1.75. The molecule has 0 fully saturated rings. The summed E-state index contributed by atoms with van der Waals surface area (Å²) in [6.07, 6.45) is 5.25. The highest BCUT2D eigenvalue weighted by molar-refractivity contribution is 7.17. The fraction of sp³-hybridized carbons (Fsp3) is 0. The summed E-state index contributed by atoms with van der Waals surface area (Å²) in [6.45, 7) is 0. The number of hydrogen-bond donors (Lipinski definition) is 0. The molecule has 1 heteroatoms. The van der Waals surface area contributed by atoms with Crippen LogP contribution >= 0.6 is 11.3 Å². The van der Waals surface area contributed by atoms with Gasteiger partial charge in [0.25, 0.3) is 0 Å². The molecule has 2 aromatic rings. The molecule has 0 spiro atoms. The molecular weight excluding hydrogens is 152 g/mol. The Kier molecular flexibility index (Phi) is 1.41. The summed E-state index contributed by atoms with van der Waals surface area (Å²) in [5.74, 6) is 2.60. The Morgan fingerprint density at radius 2 is 2.36 bits per heavy atom. The highest BCUT2D eigenvalue weighted by Crippen LogP contribution is 2.20. The minimum atomic E-state index is 0.938. The molecule has 0 saturated carbocycles. The summed E-state index contributed by atoms with van der Waals surface area (Å²) in [7, 11) is 0. The second-order valence-electron chi connectivity index (χ2n) is 2.24. The van der Waals surface area contributed by atoms with Crippen molar-refractivity contribution >= 4 is 21.4 Å². The molecule has 1 radical (unpaired) electrons. The van der Waals surface area contributed by atoms with Crippen LogP contribution in [0.4, 0.5) is 0 Å². The van der Waals surface area contributed by atoms with Crippen LogP contribution in [0.2, 0.25) is 0 Å². The fourth-order valence-electron chi connectivity index (χ4n) is 0.985. The van der Waals surface area contributed by atoms with E-state index in [9.17, 15) is 0 Å². The highest BCUT2D eigenvalue weighted by Gasteiger charge is 1.94. The SMILES string of the molecule is C#Cc1ccc2[c]csc2c1. The number of rotatable bonds is 0. The molecule has 0 aliphatic heterocycles. The molecule has 0 saturated heterocycles. The zero-order chi connectivity index (χ0) is 7.68. The van der Waals surface area contributed by atoms with Gasteiger partial charge >= 0.3 is 0 Å². The molecule has 0 unspecified atom stereocenters. The summed E-state index contributed by atoms with van der Waals surface area (Å²) in [5.41, 5.74) is 0.938. The van der Waals surface area contributed by atoms with Crippen LogP contribution in [0, 0.1) is 18.4 Å². The minimum Gasteiger partial charge on any atom is -0.143 e. The number of fused-ring (bicyclic) bond motifs is 1. The molecule has 0 aliphatic carbocycles. The average molecular weight is 157 g/mol. The predicted molar refractivity (Wildman–Crippen MR) is 48.6 cm³/mol. The van der Waals surface area contributed by atoms with Gasteiger partial charge in [0, 0.05) is 21.7 Å². The normalized spacial score (nSPS) is 9.73. The van der Waals surface area contributed by atoms with Crippen LogP contribution in [-0.2, 0) is 0 Å². The van der Waals surface area contributed by atoms with Crippen LogP contribution in [0.3, 0.4) is 0 Å². The third-order valence-corrected chi connectivity index (χ3v) is 2.38. The van der Waals surface area contributed by atoms with Crippen molar-refractivity contribution in [3.63, 3.8) is 0 Å². The van der Waals surface area contributed by atoms with Gasteiger partial charge in [0.2, 0.25) is 0 Å². The van der Waals surface area contributed by atoms with Crippen molar-refractivity contribution in [2.24, 2.45) is 0 Å². The molecule has 0 atom stereocenters. The summed E-state index contributed by atoms with van der Waals surface area (Å²) in [6, 6.07) is 9.07. The summed E-state index contributed by atoms with van der Waals surface area (Å²) in [5, 5.41) is 3.10. The van der Waals surface area contributed by atoms with E-state index in [0.717, 1.165) is 10.9 Å². The number of thiophene rings is 1. The zero-order valence-corrected chi connectivity index (χ0v) is 6.61. The lowest BCUT2D eigenvalue weighted by Crippen LogP contribution is -1.69. The summed E-state index contributed by atoms with van der Waals surface area (Å²) < 4.78 is 1.21. The first-order valence-electron chi connectivity index (χ1n) is 3.26. The first-order valence-corrected chi connectivity index (χ1v) is 4.13. The molecule has 0 amide bonds. The van der Waals surface area contributed by atoms with Crippen molar-refractivity contribution < 1.29 is 0 Å². The molecule has 0 nitrogen and oxygen atoms in total. The van der Waals surface area contributed by atoms with E-state index in [2.05, 4.69) is 12.0 Å². The van der Waals surface area contributed by atoms with E-state index in [-0.39, 0.29) is 0 Å². The van der Waals surface area contributed by atoms with Crippen molar-refractivity contribution in [2.75, 3.05) is 0 Å². The molecule has 51 valence electrons. The summed E-state index contributed by atoms with van der Waals surface area (Å²) in [4.78, 5) is 0. The summed E-state index contributed by atoms with van der Waals surface area (Å²) >= 11 is 1.67. The van der Waals surface area contributed by atoms with E-state index in [4.69, 9.17) is 6.42 Å². The van der Waals surface area contributed by atoms with Gasteiger partial charge in [0.15, 0.2) is 0 Å². The second kappa shape index (κ2) is 2.41. The van der Waals surface area contributed by atoms with Crippen LogP contribution < -0.4 is 0 Å². The molecular formula is C10H5S. The van der Waals surface area contributed by atoms with Gasteiger partial charge in [-0.25, -0.2) is 0 Å². The van der Waals surface area contributed by atoms with Crippen LogP contribution in [0.25, 0.3) is 10.1 Å². The molecule has 0 N–H and O–H groups in total. The van der Waals surface area contributed by atoms with Crippen molar-refractivity contribution in [1.82, 2.24) is 0 Å². The van der Waals surface area contributed by atoms with Crippen LogP contribution in [-0.4, -0.2) is 0 Å². The van der Waals surface area contributed by atoms with Gasteiger partial charge in [-0.05, 0) is 17.5 Å². The second-order valence-corrected chi connectivity index (χ2v) is 3.15. The van der Waals surface area contributed by atoms with Gasteiger partial charge in [-0.1, -0.05) is 12.0 Å². The molecule has 0 bridgehead atoms. The quantitative estimate of drug-likeness (QED) is 0.516. The van der Waals surface area contributed by atoms with Crippen molar-refractivity contribution in [1.29, 1.82) is 0 Å². The first kappa shape index (κ1) is 6.45. The Bertz CT molecular complexity index is 418. The third-order valence-electron chi connectivity index (χ3n) is 1.55. The van der Waals surface area contributed by atoms with Gasteiger partial charge in [-0.15, -0.1) is 17.8 Å². The van der Waals surface area contributed by atoms with Gasteiger partial charge in [-0.2, -0.15) is 0 Å². The number of hydrogen-bond acceptors (Lipinski definition) is 1. The smallest absolute Gasteiger partial charge is 0.0361 e. The molecule has 11 heavy (non-hydrogen) atoms. The van der Waals surface area contributed by atoms with E-state index in [0.29, 0.717) is 0 Å². The van der Waals surface area contributed by atoms with Crippen molar-refractivity contribution in [3.8, 4) is 12.3 Å². The number of benzene rings is 1. The van der Waals surface area contributed by atoms with Gasteiger partial charge in [-0.3, -0.25) is 0 Å². The maximum atomic E-state index is 5.25. The van der Waals surface area contributed by atoms with Crippen molar-refractivity contribution in [3.05, 3.63) is 35.2 Å². The van der Waals surface area contributed by atoms with Crippen LogP contribution in [0.15, 0.2) is 23.6 Å². The van der Waals surface area contributed by atoms with Crippen LogP contribution in [0.1, 0.15) is 5.56 Å². The Labute approximate surface area is 69.5 Å². The molecule has 1 aromatic heterocycles. The lowest BCUT2D eigenvalue weighted by Gasteiger charge is -1.89. The highest BCUT2D eigenvalue weighted by atomic mass is 32.1. The Morgan fingerprint density at radius 3 is 3.18 bits per heavy atom. The van der Waals surface area contributed by atoms with E-state index in [1.807, 2.05) is 23.6 Å². The fourth-order valence-corrected chi connectivity index (χ4v) is 1.75. The minimum absolute atomic E-state index is 0.938. The monoisotopic (exact) mass is 157 g/mol. The van der Waals surface area contributed by atoms with Gasteiger partial charge < -0.3 is 0 Å². The number of terminal acetylenes is 1. The van der Waals surface area contributed by atoms with E-state index in [1.54, 1.807) is 11.3 Å². The van der Waals surface area contributed by atoms with E-state index in [1.165, 1.54) is 4.70 Å². The molecule has 2 rings (SSSR count). The first-order chi connectivity index (χ1) is 5.40. The van der Waals surface area contributed by atoms with Crippen LogP contribution in [0.5, 0.6) is 0 Å². The zero-order valence-electron chi connectivity index (χ0n) is 5.79.